The average molecular weight is 487 g/mol. The summed E-state index contributed by atoms with van der Waals surface area (Å²) in [5.74, 6) is -8.36. The van der Waals surface area contributed by atoms with Gasteiger partial charge >= 0.3 is 17.9 Å². The second-order valence-corrected chi connectivity index (χ2v) is 11.3. The van der Waals surface area contributed by atoms with Gasteiger partial charge in [-0.25, -0.2) is 4.79 Å². The molecule has 0 aromatic heterocycles. The molecule has 7 nitrogen and oxygen atoms in total. The van der Waals surface area contributed by atoms with E-state index in [1.165, 1.54) is 0 Å². The zero-order chi connectivity index (χ0) is 27.0. The van der Waals surface area contributed by atoms with E-state index in [0.29, 0.717) is 38.5 Å². The maximum atomic E-state index is 13.4. The molecule has 5 unspecified atom stereocenters. The SMILES string of the molecule is CCC(CC(C)C)C(C(=O)O)C(O)(C(=O)O)C(C(=O)O)(C(CC)CC(C)C)C(CC)CC(C)C. The lowest BCUT2D eigenvalue weighted by atomic mass is 9.48. The van der Waals surface area contributed by atoms with Gasteiger partial charge in [0.25, 0.3) is 0 Å². The first-order valence-corrected chi connectivity index (χ1v) is 13.0. The summed E-state index contributed by atoms with van der Waals surface area (Å²) in [4.78, 5) is 39.2. The van der Waals surface area contributed by atoms with Gasteiger partial charge < -0.3 is 20.4 Å². The first-order chi connectivity index (χ1) is 15.6. The summed E-state index contributed by atoms with van der Waals surface area (Å²) in [7, 11) is 0. The second kappa shape index (κ2) is 13.5. The van der Waals surface area contributed by atoms with E-state index in [1.807, 2.05) is 41.5 Å². The number of hydrogen-bond donors (Lipinski definition) is 4. The summed E-state index contributed by atoms with van der Waals surface area (Å²) < 4.78 is 0. The van der Waals surface area contributed by atoms with Gasteiger partial charge in [-0.1, -0.05) is 81.6 Å². The molecule has 7 heteroatoms. The van der Waals surface area contributed by atoms with Crippen molar-refractivity contribution in [3.8, 4) is 0 Å². The number of carboxylic acids is 3. The lowest BCUT2D eigenvalue weighted by molar-refractivity contribution is -0.230. The van der Waals surface area contributed by atoms with Gasteiger partial charge in [0.2, 0.25) is 0 Å². The number of hydrogen-bond acceptors (Lipinski definition) is 4. The normalized spacial score (nSPS) is 19.3. The summed E-state index contributed by atoms with van der Waals surface area (Å²) in [6.45, 7) is 16.9. The molecule has 0 spiro atoms. The maximum absolute atomic E-state index is 13.4. The Morgan fingerprint density at radius 1 is 0.647 bits per heavy atom. The van der Waals surface area contributed by atoms with Crippen molar-refractivity contribution in [1.82, 2.24) is 0 Å². The molecule has 0 heterocycles. The second-order valence-electron chi connectivity index (χ2n) is 11.3. The van der Waals surface area contributed by atoms with Crippen LogP contribution in [0.5, 0.6) is 0 Å². The first-order valence-electron chi connectivity index (χ1n) is 13.0. The molecule has 0 saturated carbocycles. The third kappa shape index (κ3) is 6.52. The average Bonchev–Trinajstić information content (AvgIpc) is 2.70. The van der Waals surface area contributed by atoms with Crippen molar-refractivity contribution in [3.63, 3.8) is 0 Å². The summed E-state index contributed by atoms with van der Waals surface area (Å²) >= 11 is 0. The van der Waals surface area contributed by atoms with Gasteiger partial charge in [-0.3, -0.25) is 9.59 Å². The molecule has 0 radical (unpaired) electrons. The standard InChI is InChI=1S/C27H50O7/c1-10-19(13-16(4)5)22(23(28)29)27(34,25(32)33)26(24(30)31,20(11-2)14-17(6)7)21(12-3)15-18(8)9/h16-22,34H,10-15H2,1-9H3,(H,28,29)(H,30,31)(H,32,33). The predicted molar refractivity (Wildman–Crippen MR) is 133 cm³/mol. The van der Waals surface area contributed by atoms with Crippen LogP contribution >= 0.6 is 0 Å². The summed E-state index contributed by atoms with van der Waals surface area (Å²) in [5.41, 5.74) is -5.14. The number of rotatable bonds is 17. The van der Waals surface area contributed by atoms with Crippen LogP contribution in [0.15, 0.2) is 0 Å². The van der Waals surface area contributed by atoms with Gasteiger partial charge in [-0.15, -0.1) is 0 Å². The van der Waals surface area contributed by atoms with Crippen LogP contribution in [0.1, 0.15) is 101 Å². The zero-order valence-electron chi connectivity index (χ0n) is 22.8. The van der Waals surface area contributed by atoms with Crippen molar-refractivity contribution in [1.29, 1.82) is 0 Å². The zero-order valence-corrected chi connectivity index (χ0v) is 22.8. The minimum absolute atomic E-state index is 0.0409. The van der Waals surface area contributed by atoms with Crippen molar-refractivity contribution >= 4 is 17.9 Å². The third-order valence-corrected chi connectivity index (χ3v) is 7.58. The van der Waals surface area contributed by atoms with Crippen LogP contribution in [0.3, 0.4) is 0 Å². The fourth-order valence-electron chi connectivity index (χ4n) is 6.39. The van der Waals surface area contributed by atoms with Crippen molar-refractivity contribution in [2.75, 3.05) is 0 Å². The van der Waals surface area contributed by atoms with Crippen LogP contribution in [0.4, 0.5) is 0 Å². The highest BCUT2D eigenvalue weighted by Gasteiger charge is 2.72. The molecular weight excluding hydrogens is 436 g/mol. The monoisotopic (exact) mass is 486 g/mol. The van der Waals surface area contributed by atoms with Gasteiger partial charge in [-0.05, 0) is 54.8 Å². The molecule has 0 aliphatic carbocycles. The molecule has 0 amide bonds. The Balaban J connectivity index is 7.73. The number of aliphatic carboxylic acids is 3. The molecule has 0 aromatic carbocycles. The Kier molecular flexibility index (Phi) is 12.8. The first kappa shape index (κ1) is 32.4. The molecule has 5 atom stereocenters. The largest absolute Gasteiger partial charge is 0.481 e. The van der Waals surface area contributed by atoms with E-state index in [2.05, 4.69) is 0 Å². The Morgan fingerprint density at radius 3 is 1.24 bits per heavy atom. The molecule has 34 heavy (non-hydrogen) atoms. The van der Waals surface area contributed by atoms with E-state index in [1.54, 1.807) is 20.8 Å². The van der Waals surface area contributed by atoms with Gasteiger partial charge in [0.1, 0.15) is 11.3 Å². The van der Waals surface area contributed by atoms with Crippen molar-refractivity contribution in [2.24, 2.45) is 46.8 Å². The molecule has 0 bridgehead atoms. The van der Waals surface area contributed by atoms with Gasteiger partial charge in [-0.2, -0.15) is 0 Å². The molecule has 0 fully saturated rings. The summed E-state index contributed by atoms with van der Waals surface area (Å²) in [6.07, 6.45) is 2.09. The number of carboxylic acid groups (broad SMARTS) is 3. The van der Waals surface area contributed by atoms with Crippen LogP contribution in [0.2, 0.25) is 0 Å². The summed E-state index contributed by atoms with van der Waals surface area (Å²) in [6, 6.07) is 0. The third-order valence-electron chi connectivity index (χ3n) is 7.58. The fraction of sp³-hybridized carbons (Fsp3) is 0.889. The van der Waals surface area contributed by atoms with Crippen molar-refractivity contribution in [3.05, 3.63) is 0 Å². The molecule has 4 N–H and O–H groups in total. The fourth-order valence-corrected chi connectivity index (χ4v) is 6.39. The quantitative estimate of drug-likeness (QED) is 0.204. The molecule has 0 aliphatic heterocycles. The Bertz CT molecular complexity index is 652. The Labute approximate surface area is 206 Å². The Hall–Kier alpha value is -1.63. The van der Waals surface area contributed by atoms with Crippen LogP contribution in [-0.4, -0.2) is 43.9 Å². The smallest absolute Gasteiger partial charge is 0.337 e. The van der Waals surface area contributed by atoms with Crippen LogP contribution in [0, 0.1) is 46.8 Å². The number of aliphatic hydroxyl groups is 1. The minimum atomic E-state index is -2.98. The van der Waals surface area contributed by atoms with Crippen LogP contribution < -0.4 is 0 Å². The molecule has 0 aromatic rings. The maximum Gasteiger partial charge on any atom is 0.337 e. The Morgan fingerprint density at radius 2 is 1.03 bits per heavy atom. The van der Waals surface area contributed by atoms with Crippen LogP contribution in [0.25, 0.3) is 0 Å². The van der Waals surface area contributed by atoms with E-state index in [9.17, 15) is 34.8 Å². The topological polar surface area (TPSA) is 132 Å². The van der Waals surface area contributed by atoms with Crippen LogP contribution in [-0.2, 0) is 14.4 Å². The number of carbonyl (C=O) groups is 3. The lowest BCUT2D eigenvalue weighted by Gasteiger charge is -2.54. The van der Waals surface area contributed by atoms with Crippen molar-refractivity contribution in [2.45, 2.75) is 106 Å². The van der Waals surface area contributed by atoms with E-state index < -0.39 is 52.6 Å². The minimum Gasteiger partial charge on any atom is -0.481 e. The molecule has 200 valence electrons. The van der Waals surface area contributed by atoms with E-state index in [0.717, 1.165) is 0 Å². The highest BCUT2D eigenvalue weighted by Crippen LogP contribution is 2.57. The van der Waals surface area contributed by atoms with Gasteiger partial charge in [0, 0.05) is 0 Å². The lowest BCUT2D eigenvalue weighted by Crippen LogP contribution is -2.70. The summed E-state index contributed by atoms with van der Waals surface area (Å²) in [5, 5.41) is 44.1. The van der Waals surface area contributed by atoms with Gasteiger partial charge in [0.15, 0.2) is 5.60 Å². The highest BCUT2D eigenvalue weighted by atomic mass is 16.4. The molecular formula is C27H50O7. The molecule has 0 rings (SSSR count). The van der Waals surface area contributed by atoms with E-state index in [-0.39, 0.29) is 17.8 Å². The molecule has 0 saturated heterocycles. The highest BCUT2D eigenvalue weighted by molar-refractivity contribution is 5.94. The molecule has 0 aliphatic rings. The van der Waals surface area contributed by atoms with Gasteiger partial charge in [0.05, 0.1) is 0 Å². The van der Waals surface area contributed by atoms with Crippen molar-refractivity contribution < 1.29 is 34.8 Å². The van der Waals surface area contributed by atoms with E-state index >= 15 is 0 Å². The van der Waals surface area contributed by atoms with E-state index in [4.69, 9.17) is 0 Å². The predicted octanol–water partition coefficient (Wildman–Crippen LogP) is 5.79.